The fourth-order valence-corrected chi connectivity index (χ4v) is 5.90. The van der Waals surface area contributed by atoms with E-state index in [2.05, 4.69) is 114 Å². The second-order valence-corrected chi connectivity index (χ2v) is 10.0. The molecule has 39 heavy (non-hydrogen) atoms. The fraction of sp³-hybridized carbons (Fsp3) is 0. The lowest BCUT2D eigenvalue weighted by molar-refractivity contribution is 0.669. The molecule has 0 aliphatic carbocycles. The summed E-state index contributed by atoms with van der Waals surface area (Å²) in [6, 6.07) is 45.3. The van der Waals surface area contributed by atoms with Crippen molar-refractivity contribution in [1.29, 1.82) is 0 Å². The lowest BCUT2D eigenvalue weighted by atomic mass is 9.86. The molecule has 182 valence electrons. The third-order valence-corrected chi connectivity index (χ3v) is 7.71. The van der Waals surface area contributed by atoms with E-state index in [9.17, 15) is 0 Å². The van der Waals surface area contributed by atoms with Crippen molar-refractivity contribution in [3.05, 3.63) is 140 Å². The van der Waals surface area contributed by atoms with Gasteiger partial charge in [0, 0.05) is 28.7 Å². The molecule has 0 aliphatic heterocycles. The SMILES string of the molecule is c1ccc(-c2cc(-c3ccccc3)c3c(-c4cccnc4)cc4cc5oc6ccccc6c5cc4c3c2)cc1. The summed E-state index contributed by atoms with van der Waals surface area (Å²) >= 11 is 0. The molecule has 8 aromatic rings. The Morgan fingerprint density at radius 2 is 1.15 bits per heavy atom. The van der Waals surface area contributed by atoms with Crippen LogP contribution < -0.4 is 0 Å². The highest BCUT2D eigenvalue weighted by Gasteiger charge is 2.18. The van der Waals surface area contributed by atoms with Crippen molar-refractivity contribution >= 4 is 43.5 Å². The largest absolute Gasteiger partial charge is 0.456 e. The van der Waals surface area contributed by atoms with E-state index in [0.29, 0.717) is 0 Å². The van der Waals surface area contributed by atoms with Crippen LogP contribution in [-0.4, -0.2) is 4.98 Å². The van der Waals surface area contributed by atoms with Crippen LogP contribution in [0.25, 0.3) is 76.9 Å². The van der Waals surface area contributed by atoms with Gasteiger partial charge in [0.1, 0.15) is 11.2 Å². The molecule has 0 saturated carbocycles. The Balaban J connectivity index is 1.59. The molecule has 0 aliphatic rings. The Hall–Kier alpha value is -5.21. The molecule has 2 heteroatoms. The molecule has 0 fully saturated rings. The van der Waals surface area contributed by atoms with Crippen molar-refractivity contribution in [2.24, 2.45) is 0 Å². The van der Waals surface area contributed by atoms with Crippen molar-refractivity contribution in [2.45, 2.75) is 0 Å². The van der Waals surface area contributed by atoms with Gasteiger partial charge < -0.3 is 4.42 Å². The van der Waals surface area contributed by atoms with Crippen molar-refractivity contribution in [1.82, 2.24) is 4.98 Å². The number of aromatic nitrogens is 1. The molecular formula is C37H23NO. The van der Waals surface area contributed by atoms with Gasteiger partial charge in [-0.25, -0.2) is 0 Å². The summed E-state index contributed by atoms with van der Waals surface area (Å²) < 4.78 is 6.29. The van der Waals surface area contributed by atoms with Gasteiger partial charge >= 0.3 is 0 Å². The second-order valence-electron chi connectivity index (χ2n) is 10.0. The van der Waals surface area contributed by atoms with Crippen molar-refractivity contribution in [3.8, 4) is 33.4 Å². The smallest absolute Gasteiger partial charge is 0.136 e. The molecule has 0 amide bonds. The van der Waals surface area contributed by atoms with Gasteiger partial charge in [-0.1, -0.05) is 84.9 Å². The van der Waals surface area contributed by atoms with Crippen molar-refractivity contribution < 1.29 is 4.42 Å². The van der Waals surface area contributed by atoms with Crippen LogP contribution >= 0.6 is 0 Å². The molecule has 0 atom stereocenters. The molecule has 0 bridgehead atoms. The molecule has 2 aromatic heterocycles. The summed E-state index contributed by atoms with van der Waals surface area (Å²) in [6.45, 7) is 0. The minimum Gasteiger partial charge on any atom is -0.456 e. The van der Waals surface area contributed by atoms with Gasteiger partial charge in [-0.15, -0.1) is 0 Å². The Morgan fingerprint density at radius 1 is 0.436 bits per heavy atom. The van der Waals surface area contributed by atoms with Crippen LogP contribution in [0.4, 0.5) is 0 Å². The number of para-hydroxylation sites is 1. The Bertz CT molecular complexity index is 2140. The summed E-state index contributed by atoms with van der Waals surface area (Å²) in [5.74, 6) is 0. The van der Waals surface area contributed by atoms with E-state index in [1.807, 2.05) is 30.6 Å². The van der Waals surface area contributed by atoms with E-state index in [1.54, 1.807) is 0 Å². The first-order valence-corrected chi connectivity index (χ1v) is 13.2. The van der Waals surface area contributed by atoms with Gasteiger partial charge in [-0.3, -0.25) is 4.98 Å². The fourth-order valence-electron chi connectivity index (χ4n) is 5.90. The van der Waals surface area contributed by atoms with E-state index in [0.717, 1.165) is 32.9 Å². The van der Waals surface area contributed by atoms with E-state index in [4.69, 9.17) is 4.42 Å². The van der Waals surface area contributed by atoms with E-state index in [1.165, 1.54) is 44.0 Å². The van der Waals surface area contributed by atoms with Gasteiger partial charge in [0.2, 0.25) is 0 Å². The summed E-state index contributed by atoms with van der Waals surface area (Å²) in [5.41, 5.74) is 8.88. The molecule has 0 N–H and O–H groups in total. The van der Waals surface area contributed by atoms with Crippen molar-refractivity contribution in [2.75, 3.05) is 0 Å². The third-order valence-electron chi connectivity index (χ3n) is 7.71. The average Bonchev–Trinajstić information content (AvgIpc) is 3.38. The zero-order chi connectivity index (χ0) is 25.8. The maximum Gasteiger partial charge on any atom is 0.136 e. The second kappa shape index (κ2) is 8.68. The number of nitrogens with zero attached hydrogens (tertiary/aromatic N) is 1. The lowest BCUT2D eigenvalue weighted by Gasteiger charge is -2.18. The first-order chi connectivity index (χ1) is 19.3. The predicted octanol–water partition coefficient (Wildman–Crippen LogP) is 10.3. The molecule has 2 nitrogen and oxygen atoms in total. The van der Waals surface area contributed by atoms with E-state index in [-0.39, 0.29) is 0 Å². The third kappa shape index (κ3) is 3.53. The van der Waals surface area contributed by atoms with Crippen LogP contribution in [-0.2, 0) is 0 Å². The van der Waals surface area contributed by atoms with Crippen LogP contribution in [0.15, 0.2) is 144 Å². The molecule has 0 radical (unpaired) electrons. The number of rotatable bonds is 3. The molecule has 6 aromatic carbocycles. The summed E-state index contributed by atoms with van der Waals surface area (Å²) in [6.07, 6.45) is 3.79. The highest BCUT2D eigenvalue weighted by Crippen LogP contribution is 2.44. The zero-order valence-corrected chi connectivity index (χ0v) is 21.1. The minimum atomic E-state index is 0.905. The predicted molar refractivity (Wildman–Crippen MR) is 163 cm³/mol. The van der Waals surface area contributed by atoms with Crippen LogP contribution in [0.5, 0.6) is 0 Å². The first kappa shape index (κ1) is 21.8. The summed E-state index contributed by atoms with van der Waals surface area (Å²) in [7, 11) is 0. The van der Waals surface area contributed by atoms with Gasteiger partial charge in [0.15, 0.2) is 0 Å². The maximum absolute atomic E-state index is 6.29. The van der Waals surface area contributed by atoms with Crippen LogP contribution in [0.3, 0.4) is 0 Å². The lowest BCUT2D eigenvalue weighted by Crippen LogP contribution is -1.91. The average molecular weight is 498 g/mol. The number of furan rings is 1. The standard InChI is InChI=1S/C37H23NO/c1-3-10-24(11-4-1)27-18-31(25-12-5-2-6-13-25)37-32(26-14-9-17-38-23-26)20-28-21-36-33(22-30(28)34(37)19-27)29-15-7-8-16-35(29)39-36/h1-23H. The highest BCUT2D eigenvalue weighted by atomic mass is 16.3. The first-order valence-electron chi connectivity index (χ1n) is 13.2. The number of hydrogen-bond donors (Lipinski definition) is 0. The molecule has 2 heterocycles. The van der Waals surface area contributed by atoms with Gasteiger partial charge in [-0.2, -0.15) is 0 Å². The molecular weight excluding hydrogens is 474 g/mol. The number of hydrogen-bond acceptors (Lipinski definition) is 2. The topological polar surface area (TPSA) is 26.0 Å². The minimum absolute atomic E-state index is 0.905. The Kier molecular flexibility index (Phi) is 4.86. The molecule has 0 unspecified atom stereocenters. The monoisotopic (exact) mass is 497 g/mol. The summed E-state index contributed by atoms with van der Waals surface area (Å²) in [5, 5.41) is 7.09. The van der Waals surface area contributed by atoms with Crippen LogP contribution in [0, 0.1) is 0 Å². The molecule has 8 rings (SSSR count). The Morgan fingerprint density at radius 3 is 1.95 bits per heavy atom. The van der Waals surface area contributed by atoms with Crippen LogP contribution in [0.1, 0.15) is 0 Å². The quantitative estimate of drug-likeness (QED) is 0.227. The van der Waals surface area contributed by atoms with Gasteiger partial charge in [-0.05, 0) is 91.8 Å². The van der Waals surface area contributed by atoms with Crippen LogP contribution in [0.2, 0.25) is 0 Å². The molecule has 0 spiro atoms. The van der Waals surface area contributed by atoms with Gasteiger partial charge in [0.05, 0.1) is 0 Å². The normalized spacial score (nSPS) is 11.6. The van der Waals surface area contributed by atoms with E-state index < -0.39 is 0 Å². The van der Waals surface area contributed by atoms with Gasteiger partial charge in [0.25, 0.3) is 0 Å². The summed E-state index contributed by atoms with van der Waals surface area (Å²) in [4.78, 5) is 4.48. The Labute approximate surface area is 225 Å². The zero-order valence-electron chi connectivity index (χ0n) is 21.1. The number of pyridine rings is 1. The number of fused-ring (bicyclic) bond motifs is 6. The highest BCUT2D eigenvalue weighted by molar-refractivity contribution is 6.23. The van der Waals surface area contributed by atoms with Crippen molar-refractivity contribution in [3.63, 3.8) is 0 Å². The maximum atomic E-state index is 6.29. The molecule has 0 saturated heterocycles. The number of benzene rings is 6. The van der Waals surface area contributed by atoms with E-state index >= 15 is 0 Å².